The van der Waals surface area contributed by atoms with E-state index in [4.69, 9.17) is 9.68 Å². The predicted octanol–water partition coefficient (Wildman–Crippen LogP) is 2.84. The third kappa shape index (κ3) is 1.50. The highest BCUT2D eigenvalue weighted by atomic mass is 16.3. The van der Waals surface area contributed by atoms with E-state index in [9.17, 15) is 0 Å². The summed E-state index contributed by atoms with van der Waals surface area (Å²) in [4.78, 5) is 0. The Bertz CT molecular complexity index is 752. The molecular weight excluding hydrogens is 209 g/mol. The molecule has 0 fully saturated rings. The van der Waals surface area contributed by atoms with Crippen LogP contribution in [0.1, 0.15) is 5.56 Å². The van der Waals surface area contributed by atoms with Crippen LogP contribution in [0, 0.1) is 11.3 Å². The lowest BCUT2D eigenvalue weighted by atomic mass is 9.73. The summed E-state index contributed by atoms with van der Waals surface area (Å²) in [7, 11) is 2.05. The van der Waals surface area contributed by atoms with Crippen molar-refractivity contribution >= 4 is 34.7 Å². The molecule has 1 heterocycles. The summed E-state index contributed by atoms with van der Waals surface area (Å²) < 4.78 is 5.73. The topological polar surface area (TPSA) is 36.9 Å². The van der Waals surface area contributed by atoms with Crippen LogP contribution >= 0.6 is 0 Å². The minimum Gasteiger partial charge on any atom is -0.456 e. The average molecular weight is 218 g/mol. The lowest BCUT2D eigenvalue weighted by Gasteiger charge is -1.94. The molecule has 1 radical (unpaired) electrons. The first-order valence-electron chi connectivity index (χ1n) is 5.47. The normalized spacial score (nSPS) is 10.6. The Kier molecular flexibility index (Phi) is 2.16. The summed E-state index contributed by atoms with van der Waals surface area (Å²) >= 11 is 0. The van der Waals surface area contributed by atoms with Crippen molar-refractivity contribution in [2.24, 2.45) is 0 Å². The second-order valence-electron chi connectivity index (χ2n) is 3.97. The SMILES string of the molecule is C[B]c1ccc2oc3ccc(C#N)cc3c2c1. The van der Waals surface area contributed by atoms with Crippen LogP contribution in [-0.2, 0) is 0 Å². The summed E-state index contributed by atoms with van der Waals surface area (Å²) in [5.41, 5.74) is 3.50. The van der Waals surface area contributed by atoms with Gasteiger partial charge in [0, 0.05) is 10.8 Å². The molecule has 79 valence electrons. The summed E-state index contributed by atoms with van der Waals surface area (Å²) in [6.45, 7) is 2.00. The van der Waals surface area contributed by atoms with E-state index in [1.807, 2.05) is 38.4 Å². The van der Waals surface area contributed by atoms with E-state index in [-0.39, 0.29) is 0 Å². The first kappa shape index (κ1) is 9.98. The summed E-state index contributed by atoms with van der Waals surface area (Å²) in [6.07, 6.45) is 0. The highest BCUT2D eigenvalue weighted by molar-refractivity contribution is 6.52. The number of hydrogen-bond donors (Lipinski definition) is 0. The molecule has 0 spiro atoms. The zero-order chi connectivity index (χ0) is 11.8. The van der Waals surface area contributed by atoms with Crippen LogP contribution in [0.3, 0.4) is 0 Å². The molecule has 0 atom stereocenters. The minimum absolute atomic E-state index is 0.658. The zero-order valence-electron chi connectivity index (χ0n) is 9.40. The third-order valence-electron chi connectivity index (χ3n) is 2.96. The average Bonchev–Trinajstić information content (AvgIpc) is 2.75. The minimum atomic E-state index is 0.658. The Labute approximate surface area is 99.7 Å². The fourth-order valence-corrected chi connectivity index (χ4v) is 2.04. The molecule has 0 bridgehead atoms. The fourth-order valence-electron chi connectivity index (χ4n) is 2.04. The molecule has 3 rings (SSSR count). The van der Waals surface area contributed by atoms with Gasteiger partial charge in [-0.25, -0.2) is 0 Å². The molecule has 0 N–H and O–H groups in total. The van der Waals surface area contributed by atoms with Crippen molar-refractivity contribution in [3.8, 4) is 6.07 Å². The lowest BCUT2D eigenvalue weighted by molar-refractivity contribution is 0.669. The van der Waals surface area contributed by atoms with Gasteiger partial charge >= 0.3 is 0 Å². The van der Waals surface area contributed by atoms with E-state index >= 15 is 0 Å². The molecule has 0 aliphatic carbocycles. The molecule has 17 heavy (non-hydrogen) atoms. The predicted molar refractivity (Wildman–Crippen MR) is 69.7 cm³/mol. The Morgan fingerprint density at radius 3 is 2.47 bits per heavy atom. The van der Waals surface area contributed by atoms with Crippen LogP contribution in [0.25, 0.3) is 21.9 Å². The van der Waals surface area contributed by atoms with Crippen molar-refractivity contribution in [3.05, 3.63) is 42.0 Å². The van der Waals surface area contributed by atoms with Gasteiger partial charge < -0.3 is 4.42 Å². The van der Waals surface area contributed by atoms with Gasteiger partial charge in [-0.1, -0.05) is 24.4 Å². The zero-order valence-corrected chi connectivity index (χ0v) is 9.40. The smallest absolute Gasteiger partial charge is 0.148 e. The molecule has 1 aromatic heterocycles. The molecule has 2 nitrogen and oxygen atoms in total. The van der Waals surface area contributed by atoms with E-state index in [1.165, 1.54) is 0 Å². The highest BCUT2D eigenvalue weighted by Crippen LogP contribution is 2.28. The standard InChI is InChI=1S/C14H9BNO/c1-15-10-3-5-14-12(7-10)11-6-9(8-16)2-4-13(11)17-14/h2-7H,1H3. The molecule has 0 aliphatic heterocycles. The Hall–Kier alpha value is -2.21. The third-order valence-corrected chi connectivity index (χ3v) is 2.96. The van der Waals surface area contributed by atoms with Gasteiger partial charge in [0.05, 0.1) is 11.6 Å². The van der Waals surface area contributed by atoms with Crippen LogP contribution in [-0.4, -0.2) is 7.28 Å². The van der Waals surface area contributed by atoms with Crippen LogP contribution in [0.2, 0.25) is 6.82 Å². The van der Waals surface area contributed by atoms with Gasteiger partial charge in [0.2, 0.25) is 0 Å². The second kappa shape index (κ2) is 3.67. The van der Waals surface area contributed by atoms with E-state index in [1.54, 1.807) is 6.07 Å². The van der Waals surface area contributed by atoms with E-state index in [0.29, 0.717) is 5.56 Å². The first-order valence-corrected chi connectivity index (χ1v) is 5.47. The van der Waals surface area contributed by atoms with Gasteiger partial charge in [0.1, 0.15) is 18.4 Å². The van der Waals surface area contributed by atoms with Gasteiger partial charge in [-0.2, -0.15) is 5.26 Å². The number of nitrogens with zero attached hydrogens (tertiary/aromatic N) is 1. The monoisotopic (exact) mass is 218 g/mol. The Morgan fingerprint density at radius 2 is 1.76 bits per heavy atom. The number of fused-ring (bicyclic) bond motifs is 3. The molecular formula is C14H9BNO. The maximum Gasteiger partial charge on any atom is 0.148 e. The molecule has 2 aromatic carbocycles. The summed E-state index contributed by atoms with van der Waals surface area (Å²) in [5, 5.41) is 11.0. The number of benzene rings is 2. The fraction of sp³-hybridized carbons (Fsp3) is 0.0714. The van der Waals surface area contributed by atoms with Crippen molar-refractivity contribution < 1.29 is 4.42 Å². The van der Waals surface area contributed by atoms with Crippen LogP contribution in [0.5, 0.6) is 0 Å². The highest BCUT2D eigenvalue weighted by Gasteiger charge is 2.07. The molecule has 0 saturated heterocycles. The molecule has 0 amide bonds. The Balaban J connectivity index is 2.42. The maximum absolute atomic E-state index is 8.92. The van der Waals surface area contributed by atoms with Gasteiger partial charge in [-0.15, -0.1) is 0 Å². The molecule has 0 saturated carbocycles. The lowest BCUT2D eigenvalue weighted by Crippen LogP contribution is -2.08. The second-order valence-corrected chi connectivity index (χ2v) is 3.97. The van der Waals surface area contributed by atoms with Crippen molar-refractivity contribution in [3.63, 3.8) is 0 Å². The van der Waals surface area contributed by atoms with Gasteiger partial charge in [-0.3, -0.25) is 0 Å². The quantitative estimate of drug-likeness (QED) is 0.589. The van der Waals surface area contributed by atoms with Crippen LogP contribution in [0.15, 0.2) is 40.8 Å². The largest absolute Gasteiger partial charge is 0.456 e. The van der Waals surface area contributed by atoms with Crippen molar-refractivity contribution in [2.45, 2.75) is 6.82 Å². The van der Waals surface area contributed by atoms with E-state index in [0.717, 1.165) is 27.4 Å². The number of furan rings is 1. The van der Waals surface area contributed by atoms with E-state index < -0.39 is 0 Å². The van der Waals surface area contributed by atoms with Crippen molar-refractivity contribution in [1.82, 2.24) is 0 Å². The molecule has 3 aromatic rings. The van der Waals surface area contributed by atoms with Crippen molar-refractivity contribution in [2.75, 3.05) is 0 Å². The number of hydrogen-bond acceptors (Lipinski definition) is 2. The van der Waals surface area contributed by atoms with Crippen molar-refractivity contribution in [1.29, 1.82) is 5.26 Å². The van der Waals surface area contributed by atoms with Gasteiger partial charge in [0.15, 0.2) is 0 Å². The summed E-state index contributed by atoms with van der Waals surface area (Å²) in [5.74, 6) is 0. The molecule has 0 aliphatic rings. The maximum atomic E-state index is 8.92. The number of rotatable bonds is 1. The van der Waals surface area contributed by atoms with Gasteiger partial charge in [-0.05, 0) is 24.3 Å². The number of nitriles is 1. The molecule has 3 heteroatoms. The van der Waals surface area contributed by atoms with Crippen LogP contribution < -0.4 is 5.46 Å². The summed E-state index contributed by atoms with van der Waals surface area (Å²) in [6, 6.07) is 13.7. The van der Waals surface area contributed by atoms with Crippen LogP contribution in [0.4, 0.5) is 0 Å². The first-order chi connectivity index (χ1) is 8.31. The Morgan fingerprint density at radius 1 is 1.06 bits per heavy atom. The molecule has 0 unspecified atom stereocenters. The van der Waals surface area contributed by atoms with Gasteiger partial charge in [0.25, 0.3) is 0 Å². The van der Waals surface area contributed by atoms with E-state index in [2.05, 4.69) is 12.1 Å².